The van der Waals surface area contributed by atoms with Gasteiger partial charge in [0.25, 0.3) is 0 Å². The van der Waals surface area contributed by atoms with Gasteiger partial charge in [-0.15, -0.1) is 0 Å². The van der Waals surface area contributed by atoms with Crippen molar-refractivity contribution in [2.45, 2.75) is 25.7 Å². The van der Waals surface area contributed by atoms with Crippen LogP contribution in [0.15, 0.2) is 54.6 Å². The van der Waals surface area contributed by atoms with E-state index >= 15 is 0 Å². The summed E-state index contributed by atoms with van der Waals surface area (Å²) in [6.45, 7) is 4.44. The topological polar surface area (TPSA) is 58.2 Å². The average molecular weight is 430 g/mol. The summed E-state index contributed by atoms with van der Waals surface area (Å²) in [6, 6.07) is 18.5. The number of rotatable bonds is 6. The molecule has 1 saturated heterocycles. The molecule has 30 heavy (non-hydrogen) atoms. The molecular formula is C24H32ClN3O2. The Morgan fingerprint density at radius 2 is 1.70 bits per heavy atom. The highest BCUT2D eigenvalue weighted by Gasteiger charge is 2.25. The third-order valence-corrected chi connectivity index (χ3v) is 6.10. The number of hydrogen-bond donors (Lipinski definition) is 2. The molecule has 2 aliphatic rings. The maximum atomic E-state index is 12.3. The molecule has 1 heterocycles. The normalized spacial score (nSPS) is 21.0. The molecule has 4 rings (SSSR count). The number of piperazine rings is 1. The van der Waals surface area contributed by atoms with E-state index in [0.29, 0.717) is 5.92 Å². The van der Waals surface area contributed by atoms with Crippen LogP contribution in [-0.2, 0) is 6.42 Å². The maximum absolute atomic E-state index is 12.3. The van der Waals surface area contributed by atoms with E-state index in [1.807, 2.05) is 47.4 Å². The highest BCUT2D eigenvalue weighted by molar-refractivity contribution is 5.89. The summed E-state index contributed by atoms with van der Waals surface area (Å²) in [7, 11) is 0. The second-order valence-corrected chi connectivity index (χ2v) is 8.35. The van der Waals surface area contributed by atoms with Crippen LogP contribution in [0.3, 0.4) is 0 Å². The van der Waals surface area contributed by atoms with Gasteiger partial charge in [0.05, 0.1) is 32.8 Å². The summed E-state index contributed by atoms with van der Waals surface area (Å²) in [5, 5.41) is 5.28. The highest BCUT2D eigenvalue weighted by atomic mass is 35.5. The van der Waals surface area contributed by atoms with E-state index < -0.39 is 0 Å². The van der Waals surface area contributed by atoms with E-state index in [4.69, 9.17) is 4.74 Å². The Bertz CT molecular complexity index is 779. The fourth-order valence-electron chi connectivity index (χ4n) is 4.46. The molecule has 2 aromatic carbocycles. The molecule has 0 spiro atoms. The molecule has 5 nitrogen and oxygen atoms in total. The first-order valence-electron chi connectivity index (χ1n) is 10.9. The molecule has 0 aromatic heterocycles. The van der Waals surface area contributed by atoms with Gasteiger partial charge in [0, 0.05) is 5.69 Å². The van der Waals surface area contributed by atoms with Crippen molar-refractivity contribution in [2.24, 2.45) is 11.8 Å². The molecule has 2 atom stereocenters. The minimum absolute atomic E-state index is 0. The lowest BCUT2D eigenvalue weighted by atomic mass is 9.97. The molecule has 0 radical (unpaired) electrons. The number of halogens is 1. The number of carbonyl (C=O) groups excluding carboxylic acids is 1. The Kier molecular flexibility index (Phi) is 8.40. The van der Waals surface area contributed by atoms with Gasteiger partial charge in [-0.25, -0.2) is 4.79 Å². The first kappa shape index (κ1) is 22.4. The minimum Gasteiger partial charge on any atom is -1.00 e. The number of benzene rings is 2. The van der Waals surface area contributed by atoms with Crippen molar-refractivity contribution in [3.8, 4) is 5.75 Å². The van der Waals surface area contributed by atoms with Crippen LogP contribution in [0, 0.1) is 11.8 Å². The molecule has 3 N–H and O–H groups in total. The number of urea groups is 1. The zero-order valence-electron chi connectivity index (χ0n) is 17.4. The molecule has 162 valence electrons. The van der Waals surface area contributed by atoms with Crippen molar-refractivity contribution in [3.63, 3.8) is 0 Å². The number of nitrogens with two attached hydrogens (primary N) is 1. The number of quaternary nitrogens is 1. The minimum atomic E-state index is 0. The predicted molar refractivity (Wildman–Crippen MR) is 115 cm³/mol. The van der Waals surface area contributed by atoms with Crippen LogP contribution < -0.4 is 27.8 Å². The zero-order chi connectivity index (χ0) is 19.9. The van der Waals surface area contributed by atoms with E-state index in [0.717, 1.165) is 56.6 Å². The van der Waals surface area contributed by atoms with Crippen molar-refractivity contribution in [1.82, 2.24) is 4.90 Å². The fourth-order valence-corrected chi connectivity index (χ4v) is 4.46. The van der Waals surface area contributed by atoms with E-state index in [1.165, 1.54) is 24.8 Å². The van der Waals surface area contributed by atoms with Gasteiger partial charge in [-0.05, 0) is 67.3 Å². The lowest BCUT2D eigenvalue weighted by molar-refractivity contribution is -0.661. The van der Waals surface area contributed by atoms with Gasteiger partial charge in [-0.2, -0.15) is 0 Å². The smallest absolute Gasteiger partial charge is 0.322 e. The number of para-hydroxylation sites is 1. The molecule has 1 aliphatic heterocycles. The van der Waals surface area contributed by atoms with E-state index in [2.05, 4.69) is 22.8 Å². The summed E-state index contributed by atoms with van der Waals surface area (Å²) in [6.07, 6.45) is 4.86. The van der Waals surface area contributed by atoms with E-state index in [9.17, 15) is 4.79 Å². The number of ether oxygens (including phenoxy) is 1. The van der Waals surface area contributed by atoms with Crippen molar-refractivity contribution in [1.29, 1.82) is 0 Å². The molecule has 2 unspecified atom stereocenters. The maximum Gasteiger partial charge on any atom is 0.322 e. The van der Waals surface area contributed by atoms with Gasteiger partial charge in [0.1, 0.15) is 5.75 Å². The zero-order valence-corrected chi connectivity index (χ0v) is 18.2. The molecule has 2 aromatic rings. The molecule has 0 bridgehead atoms. The van der Waals surface area contributed by atoms with Crippen LogP contribution in [0.1, 0.15) is 24.8 Å². The van der Waals surface area contributed by atoms with Crippen LogP contribution in [0.25, 0.3) is 0 Å². The summed E-state index contributed by atoms with van der Waals surface area (Å²) >= 11 is 0. The SMILES string of the molecule is O=C(Nc1ccc(CC2CCC(COc3ccccc3)C2)cc1)N1CC[NH2+]CC1.[Cl-]. The lowest BCUT2D eigenvalue weighted by Gasteiger charge is -2.25. The number of nitrogens with zero attached hydrogens (tertiary/aromatic N) is 1. The summed E-state index contributed by atoms with van der Waals surface area (Å²) in [5.41, 5.74) is 2.24. The van der Waals surface area contributed by atoms with E-state index in [-0.39, 0.29) is 18.4 Å². The van der Waals surface area contributed by atoms with Crippen LogP contribution in [0.2, 0.25) is 0 Å². The molecule has 1 saturated carbocycles. The summed E-state index contributed by atoms with van der Waals surface area (Å²) in [5.74, 6) is 2.35. The quantitative estimate of drug-likeness (QED) is 0.686. The predicted octanol–water partition coefficient (Wildman–Crippen LogP) is 0.139. The highest BCUT2D eigenvalue weighted by Crippen LogP contribution is 2.33. The van der Waals surface area contributed by atoms with Crippen LogP contribution in [0.5, 0.6) is 5.75 Å². The Balaban J connectivity index is 0.00000256. The van der Waals surface area contributed by atoms with Gasteiger partial charge in [-0.3, -0.25) is 0 Å². The van der Waals surface area contributed by atoms with Gasteiger partial charge >= 0.3 is 6.03 Å². The largest absolute Gasteiger partial charge is 1.00 e. The summed E-state index contributed by atoms with van der Waals surface area (Å²) < 4.78 is 5.94. The first-order valence-corrected chi connectivity index (χ1v) is 10.9. The summed E-state index contributed by atoms with van der Waals surface area (Å²) in [4.78, 5) is 14.2. The van der Waals surface area contributed by atoms with Crippen LogP contribution in [0.4, 0.5) is 10.5 Å². The Morgan fingerprint density at radius 3 is 2.43 bits per heavy atom. The first-order chi connectivity index (χ1) is 14.3. The standard InChI is InChI=1S/C24H31N3O2.ClH/c28-24(27-14-12-25-13-15-27)26-22-10-8-19(9-11-22)16-20-6-7-21(17-20)18-29-23-4-2-1-3-5-23;/h1-5,8-11,20-21,25H,6-7,12-18H2,(H,26,28);1H. The van der Waals surface area contributed by atoms with Crippen LogP contribution >= 0.6 is 0 Å². The van der Waals surface area contributed by atoms with Crippen LogP contribution in [-0.4, -0.2) is 43.7 Å². The van der Waals surface area contributed by atoms with Crippen molar-refractivity contribution in [2.75, 3.05) is 38.1 Å². The third kappa shape index (κ3) is 6.38. The van der Waals surface area contributed by atoms with Crippen molar-refractivity contribution < 1.29 is 27.3 Å². The molecule has 2 fully saturated rings. The number of carbonyl (C=O) groups is 1. The second-order valence-electron chi connectivity index (χ2n) is 8.35. The Morgan fingerprint density at radius 1 is 1.00 bits per heavy atom. The number of nitrogens with one attached hydrogen (secondary N) is 1. The van der Waals surface area contributed by atoms with Crippen molar-refractivity contribution >= 4 is 11.7 Å². The van der Waals surface area contributed by atoms with Gasteiger partial charge < -0.3 is 32.7 Å². The Labute approximate surface area is 185 Å². The fraction of sp³-hybridized carbons (Fsp3) is 0.458. The van der Waals surface area contributed by atoms with Gasteiger partial charge in [0.2, 0.25) is 0 Å². The molecule has 6 heteroatoms. The second kappa shape index (κ2) is 11.2. The molecule has 2 amide bonds. The van der Waals surface area contributed by atoms with Gasteiger partial charge in [-0.1, -0.05) is 30.3 Å². The number of hydrogen-bond acceptors (Lipinski definition) is 2. The number of anilines is 1. The van der Waals surface area contributed by atoms with E-state index in [1.54, 1.807) is 0 Å². The van der Waals surface area contributed by atoms with Gasteiger partial charge in [0.15, 0.2) is 0 Å². The molecule has 1 aliphatic carbocycles. The molecular weight excluding hydrogens is 398 g/mol. The third-order valence-electron chi connectivity index (χ3n) is 6.10. The average Bonchev–Trinajstić information content (AvgIpc) is 3.22. The monoisotopic (exact) mass is 429 g/mol. The number of amides is 2. The lowest BCUT2D eigenvalue weighted by Crippen LogP contribution is -3.00. The van der Waals surface area contributed by atoms with Crippen molar-refractivity contribution in [3.05, 3.63) is 60.2 Å². The Hall–Kier alpha value is -2.24.